The van der Waals surface area contributed by atoms with Gasteiger partial charge in [-0.15, -0.1) is 24.0 Å². The Balaban J connectivity index is 0.00000392. The van der Waals surface area contributed by atoms with Gasteiger partial charge in [0.25, 0.3) is 0 Å². The highest BCUT2D eigenvalue weighted by Gasteiger charge is 2.15. The van der Waals surface area contributed by atoms with Gasteiger partial charge in [0, 0.05) is 25.3 Å². The fourth-order valence-corrected chi connectivity index (χ4v) is 2.71. The fourth-order valence-electron chi connectivity index (χ4n) is 2.71. The lowest BCUT2D eigenvalue weighted by Gasteiger charge is -2.26. The molecule has 0 spiro atoms. The molecule has 154 valence electrons. The molecule has 0 radical (unpaired) electrons. The van der Waals surface area contributed by atoms with Gasteiger partial charge < -0.3 is 25.0 Å². The highest BCUT2D eigenvalue weighted by molar-refractivity contribution is 14.0. The third-order valence-electron chi connectivity index (χ3n) is 4.21. The zero-order valence-corrected chi connectivity index (χ0v) is 19.2. The summed E-state index contributed by atoms with van der Waals surface area (Å²) in [7, 11) is 8.88. The van der Waals surface area contributed by atoms with Crippen molar-refractivity contribution in [1.29, 1.82) is 0 Å². The monoisotopic (exact) mass is 502 g/mol. The summed E-state index contributed by atoms with van der Waals surface area (Å²) < 4.78 is 23.8. The number of benzene rings is 2. The second-order valence-electron chi connectivity index (χ2n) is 6.18. The van der Waals surface area contributed by atoms with E-state index in [9.17, 15) is 4.39 Å². The summed E-state index contributed by atoms with van der Waals surface area (Å²) in [5, 5.41) is 6.54. The van der Waals surface area contributed by atoms with Crippen molar-refractivity contribution in [2.45, 2.75) is 6.04 Å². The van der Waals surface area contributed by atoms with Crippen molar-refractivity contribution in [2.24, 2.45) is 4.99 Å². The van der Waals surface area contributed by atoms with E-state index in [0.717, 1.165) is 11.3 Å². The quantitative estimate of drug-likeness (QED) is 0.343. The highest BCUT2D eigenvalue weighted by Crippen LogP contribution is 2.29. The average molecular weight is 502 g/mol. The molecule has 0 saturated heterocycles. The van der Waals surface area contributed by atoms with Gasteiger partial charge in [0.05, 0.1) is 20.3 Å². The van der Waals surface area contributed by atoms with Crippen molar-refractivity contribution in [3.8, 4) is 11.5 Å². The molecular formula is C20H28FIN4O2. The molecule has 0 aliphatic rings. The minimum atomic E-state index is -0.241. The Hall–Kier alpha value is -2.07. The first-order valence-corrected chi connectivity index (χ1v) is 8.60. The van der Waals surface area contributed by atoms with E-state index in [4.69, 9.17) is 9.47 Å². The molecule has 0 aliphatic heterocycles. The summed E-state index contributed by atoms with van der Waals surface area (Å²) in [6, 6.07) is 12.2. The Morgan fingerprint density at radius 2 is 1.71 bits per heavy atom. The molecule has 0 aliphatic carbocycles. The maximum atomic E-state index is 13.2. The van der Waals surface area contributed by atoms with E-state index in [1.54, 1.807) is 33.4 Å². The lowest BCUT2D eigenvalue weighted by atomic mass is 10.1. The number of hydrogen-bond acceptors (Lipinski definition) is 4. The summed E-state index contributed by atoms with van der Waals surface area (Å²) in [5.41, 5.74) is 1.85. The smallest absolute Gasteiger partial charge is 0.195 e. The number of hydrogen-bond donors (Lipinski definition) is 2. The predicted molar refractivity (Wildman–Crippen MR) is 123 cm³/mol. The SMILES string of the molecule is CN=C(NCC(c1ccc(F)cc1)N(C)C)Nc1ccc(OC)c(OC)c1.I. The molecule has 0 aromatic heterocycles. The van der Waals surface area contributed by atoms with Gasteiger partial charge in [0.1, 0.15) is 5.82 Å². The number of rotatable bonds is 7. The Morgan fingerprint density at radius 3 is 2.25 bits per heavy atom. The van der Waals surface area contributed by atoms with Gasteiger partial charge >= 0.3 is 0 Å². The highest BCUT2D eigenvalue weighted by atomic mass is 127. The van der Waals surface area contributed by atoms with Crippen LogP contribution in [0.5, 0.6) is 11.5 Å². The Labute approximate surface area is 183 Å². The van der Waals surface area contributed by atoms with Gasteiger partial charge in [-0.3, -0.25) is 4.99 Å². The molecule has 2 rings (SSSR count). The molecule has 0 bridgehead atoms. The van der Waals surface area contributed by atoms with Crippen molar-refractivity contribution >= 4 is 35.6 Å². The van der Waals surface area contributed by atoms with E-state index in [-0.39, 0.29) is 35.8 Å². The second-order valence-corrected chi connectivity index (χ2v) is 6.18. The zero-order valence-electron chi connectivity index (χ0n) is 16.8. The van der Waals surface area contributed by atoms with Gasteiger partial charge in [-0.2, -0.15) is 0 Å². The van der Waals surface area contributed by atoms with Crippen LogP contribution in [0, 0.1) is 5.82 Å². The molecule has 0 fully saturated rings. The van der Waals surface area contributed by atoms with Crippen LogP contribution in [-0.4, -0.2) is 52.8 Å². The number of likely N-dealkylation sites (N-methyl/N-ethyl adjacent to an activating group) is 1. The number of anilines is 1. The van der Waals surface area contributed by atoms with Crippen LogP contribution >= 0.6 is 24.0 Å². The maximum Gasteiger partial charge on any atom is 0.195 e. The Kier molecular flexibility index (Phi) is 10.0. The average Bonchev–Trinajstić information content (AvgIpc) is 2.68. The van der Waals surface area contributed by atoms with Crippen LogP contribution in [0.1, 0.15) is 11.6 Å². The van der Waals surface area contributed by atoms with E-state index < -0.39 is 0 Å². The molecule has 2 aromatic rings. The van der Waals surface area contributed by atoms with Crippen LogP contribution in [0.15, 0.2) is 47.5 Å². The Bertz CT molecular complexity index is 769. The second kappa shape index (κ2) is 11.7. The third kappa shape index (κ3) is 6.52. The van der Waals surface area contributed by atoms with E-state index in [2.05, 4.69) is 20.5 Å². The standard InChI is InChI=1S/C20H27FN4O2.HI/c1-22-20(24-16-10-11-18(26-4)19(12-16)27-5)23-13-17(25(2)3)14-6-8-15(21)9-7-14;/h6-12,17H,13H2,1-5H3,(H2,22,23,24);1H. The van der Waals surface area contributed by atoms with E-state index in [1.165, 1.54) is 12.1 Å². The number of methoxy groups -OCH3 is 2. The van der Waals surface area contributed by atoms with E-state index in [1.807, 2.05) is 32.3 Å². The summed E-state index contributed by atoms with van der Waals surface area (Å²) in [6.07, 6.45) is 0. The van der Waals surface area contributed by atoms with Gasteiger partial charge in [0.15, 0.2) is 17.5 Å². The summed E-state index contributed by atoms with van der Waals surface area (Å²) in [6.45, 7) is 0.603. The number of aliphatic imine (C=N–C) groups is 1. The summed E-state index contributed by atoms with van der Waals surface area (Å²) >= 11 is 0. The van der Waals surface area contributed by atoms with Crippen molar-refractivity contribution in [1.82, 2.24) is 10.2 Å². The lowest BCUT2D eigenvalue weighted by molar-refractivity contribution is 0.298. The number of nitrogens with one attached hydrogen (secondary N) is 2. The summed E-state index contributed by atoms with van der Waals surface area (Å²) in [4.78, 5) is 6.34. The predicted octanol–water partition coefficient (Wildman–Crippen LogP) is 3.75. The van der Waals surface area contributed by atoms with Crippen LogP contribution in [0.4, 0.5) is 10.1 Å². The Morgan fingerprint density at radius 1 is 1.07 bits per heavy atom. The number of halogens is 2. The third-order valence-corrected chi connectivity index (χ3v) is 4.21. The fraction of sp³-hybridized carbons (Fsp3) is 0.350. The van der Waals surface area contributed by atoms with Crippen LogP contribution in [-0.2, 0) is 0 Å². The van der Waals surface area contributed by atoms with Gasteiger partial charge in [-0.1, -0.05) is 12.1 Å². The molecule has 1 atom stereocenters. The molecule has 28 heavy (non-hydrogen) atoms. The molecule has 2 aromatic carbocycles. The normalized spacial score (nSPS) is 12.2. The van der Waals surface area contributed by atoms with Gasteiger partial charge in [0.2, 0.25) is 0 Å². The van der Waals surface area contributed by atoms with Crippen molar-refractivity contribution in [2.75, 3.05) is 47.2 Å². The molecule has 0 amide bonds. The topological polar surface area (TPSA) is 58.1 Å². The van der Waals surface area contributed by atoms with Gasteiger partial charge in [-0.25, -0.2) is 4.39 Å². The van der Waals surface area contributed by atoms with Crippen molar-refractivity contribution in [3.63, 3.8) is 0 Å². The first-order chi connectivity index (χ1) is 13.0. The molecule has 0 saturated carbocycles. The minimum Gasteiger partial charge on any atom is -0.493 e. The zero-order chi connectivity index (χ0) is 19.8. The van der Waals surface area contributed by atoms with Crippen LogP contribution < -0.4 is 20.1 Å². The minimum absolute atomic E-state index is 0. The number of ether oxygens (including phenoxy) is 2. The van der Waals surface area contributed by atoms with Crippen molar-refractivity contribution < 1.29 is 13.9 Å². The summed E-state index contributed by atoms with van der Waals surface area (Å²) in [5.74, 6) is 1.68. The molecule has 0 heterocycles. The lowest BCUT2D eigenvalue weighted by Crippen LogP contribution is -2.38. The van der Waals surface area contributed by atoms with Crippen molar-refractivity contribution in [3.05, 3.63) is 53.8 Å². The largest absolute Gasteiger partial charge is 0.493 e. The first-order valence-electron chi connectivity index (χ1n) is 8.60. The number of guanidine groups is 1. The van der Waals surface area contributed by atoms with Crippen LogP contribution in [0.3, 0.4) is 0 Å². The number of nitrogens with zero attached hydrogens (tertiary/aromatic N) is 2. The van der Waals surface area contributed by atoms with Gasteiger partial charge in [-0.05, 0) is 43.9 Å². The first kappa shape index (κ1) is 24.0. The molecule has 8 heteroatoms. The molecular weight excluding hydrogens is 474 g/mol. The van der Waals surface area contributed by atoms with E-state index in [0.29, 0.717) is 24.0 Å². The van der Waals surface area contributed by atoms with E-state index >= 15 is 0 Å². The molecule has 6 nitrogen and oxygen atoms in total. The molecule has 1 unspecified atom stereocenters. The van der Waals surface area contributed by atoms with Crippen LogP contribution in [0.25, 0.3) is 0 Å². The molecule has 2 N–H and O–H groups in total. The maximum absolute atomic E-state index is 13.2. The van der Waals surface area contributed by atoms with Crippen LogP contribution in [0.2, 0.25) is 0 Å².